The molecule has 1 aromatic rings. The second kappa shape index (κ2) is 7.79. The number of esters is 1. The van der Waals surface area contributed by atoms with Crippen molar-refractivity contribution in [1.82, 2.24) is 4.31 Å². The number of sulfonamides is 1. The van der Waals surface area contributed by atoms with Gasteiger partial charge in [-0.05, 0) is 31.9 Å². The lowest BCUT2D eigenvalue weighted by Crippen LogP contribution is -2.43. The average Bonchev–Trinajstić information content (AvgIpc) is 2.53. The van der Waals surface area contributed by atoms with Gasteiger partial charge in [0.2, 0.25) is 10.0 Å². The van der Waals surface area contributed by atoms with Crippen LogP contribution in [-0.4, -0.2) is 50.7 Å². The zero-order valence-electron chi connectivity index (χ0n) is 13.5. The van der Waals surface area contributed by atoms with Crippen molar-refractivity contribution in [2.45, 2.75) is 25.9 Å². The molecule has 6 nitrogen and oxygen atoms in total. The van der Waals surface area contributed by atoms with Crippen LogP contribution in [0.3, 0.4) is 0 Å². The van der Waals surface area contributed by atoms with Gasteiger partial charge in [0.25, 0.3) is 0 Å². The Kier molecular flexibility index (Phi) is 6.01. The van der Waals surface area contributed by atoms with Crippen molar-refractivity contribution in [2.75, 3.05) is 26.0 Å². The number of hydrogen-bond donors (Lipinski definition) is 0. The molecule has 1 fully saturated rings. The summed E-state index contributed by atoms with van der Waals surface area (Å²) in [6, 6.07) is 9.30. The van der Waals surface area contributed by atoms with Crippen LogP contribution in [0.5, 0.6) is 5.75 Å². The van der Waals surface area contributed by atoms with Crippen molar-refractivity contribution in [3.63, 3.8) is 0 Å². The van der Waals surface area contributed by atoms with Crippen molar-refractivity contribution in [2.24, 2.45) is 5.92 Å². The Balaban J connectivity index is 1.81. The standard InChI is InChI=1S/C16H23NO5S/c1-13(12-21-15-8-4-3-5-9-15)22-16(18)14-7-6-10-17(11-14)23(2,19)20/h3-5,8-9,13-14H,6-7,10-12H2,1-2H3/t13-,14-/m0/s1. The minimum atomic E-state index is -3.27. The zero-order chi connectivity index (χ0) is 16.9. The Morgan fingerprint density at radius 2 is 2.04 bits per heavy atom. The van der Waals surface area contributed by atoms with Gasteiger partial charge in [-0.3, -0.25) is 4.79 Å². The molecule has 2 rings (SSSR count). The Bertz CT molecular complexity index is 617. The fraction of sp³-hybridized carbons (Fsp3) is 0.562. The number of nitrogens with zero attached hydrogens (tertiary/aromatic N) is 1. The molecule has 0 saturated carbocycles. The first-order valence-corrected chi connectivity index (χ1v) is 9.54. The highest BCUT2D eigenvalue weighted by Gasteiger charge is 2.31. The fourth-order valence-corrected chi connectivity index (χ4v) is 3.41. The second-order valence-electron chi connectivity index (χ2n) is 5.83. The molecule has 1 saturated heterocycles. The SMILES string of the molecule is C[C@@H](COc1ccccc1)OC(=O)[C@H]1CCCN(S(C)(=O)=O)C1. The van der Waals surface area contributed by atoms with Gasteiger partial charge in [-0.15, -0.1) is 0 Å². The van der Waals surface area contributed by atoms with Gasteiger partial charge in [0, 0.05) is 13.1 Å². The van der Waals surface area contributed by atoms with E-state index < -0.39 is 22.0 Å². The minimum Gasteiger partial charge on any atom is -0.490 e. The van der Waals surface area contributed by atoms with Gasteiger partial charge < -0.3 is 9.47 Å². The number of ether oxygens (including phenoxy) is 2. The van der Waals surface area contributed by atoms with Gasteiger partial charge in [-0.25, -0.2) is 12.7 Å². The van der Waals surface area contributed by atoms with E-state index in [9.17, 15) is 13.2 Å². The molecule has 0 N–H and O–H groups in total. The van der Waals surface area contributed by atoms with Gasteiger partial charge in [-0.1, -0.05) is 18.2 Å². The molecule has 1 aliphatic heterocycles. The Hall–Kier alpha value is -1.60. The van der Waals surface area contributed by atoms with Crippen LogP contribution in [0, 0.1) is 5.92 Å². The van der Waals surface area contributed by atoms with Gasteiger partial charge in [0.05, 0.1) is 12.2 Å². The van der Waals surface area contributed by atoms with Gasteiger partial charge in [0.1, 0.15) is 18.5 Å². The summed E-state index contributed by atoms with van der Waals surface area (Å²) in [5.74, 6) is -0.0449. The van der Waals surface area contributed by atoms with E-state index in [0.29, 0.717) is 19.4 Å². The molecule has 1 heterocycles. The van der Waals surface area contributed by atoms with Crippen LogP contribution in [-0.2, 0) is 19.6 Å². The van der Waals surface area contributed by atoms with E-state index in [4.69, 9.17) is 9.47 Å². The highest BCUT2D eigenvalue weighted by molar-refractivity contribution is 7.88. The van der Waals surface area contributed by atoms with E-state index in [1.165, 1.54) is 4.31 Å². The quantitative estimate of drug-likeness (QED) is 0.736. The average molecular weight is 341 g/mol. The molecule has 23 heavy (non-hydrogen) atoms. The lowest BCUT2D eigenvalue weighted by atomic mass is 10.00. The molecule has 1 aliphatic rings. The normalized spacial score (nSPS) is 20.7. The lowest BCUT2D eigenvalue weighted by Gasteiger charge is -2.30. The Morgan fingerprint density at radius 1 is 1.35 bits per heavy atom. The molecule has 2 atom stereocenters. The molecule has 0 bridgehead atoms. The van der Waals surface area contributed by atoms with Crippen LogP contribution in [0.25, 0.3) is 0 Å². The van der Waals surface area contributed by atoms with Crippen molar-refractivity contribution >= 4 is 16.0 Å². The predicted octanol–water partition coefficient (Wildman–Crippen LogP) is 1.67. The molecule has 0 amide bonds. The summed E-state index contributed by atoms with van der Waals surface area (Å²) in [5, 5.41) is 0. The van der Waals surface area contributed by atoms with E-state index in [1.807, 2.05) is 30.3 Å². The molecular weight excluding hydrogens is 318 g/mol. The van der Waals surface area contributed by atoms with Crippen molar-refractivity contribution in [3.8, 4) is 5.75 Å². The predicted molar refractivity (Wildman–Crippen MR) is 86.6 cm³/mol. The molecule has 0 unspecified atom stereocenters. The third-order valence-electron chi connectivity index (χ3n) is 3.73. The number of piperidine rings is 1. The highest BCUT2D eigenvalue weighted by atomic mass is 32.2. The molecule has 128 valence electrons. The van der Waals surface area contributed by atoms with E-state index >= 15 is 0 Å². The monoisotopic (exact) mass is 341 g/mol. The Labute approximate surface area is 137 Å². The summed E-state index contributed by atoms with van der Waals surface area (Å²) in [6.45, 7) is 2.69. The van der Waals surface area contributed by atoms with Crippen LogP contribution >= 0.6 is 0 Å². The summed E-state index contributed by atoms with van der Waals surface area (Å²) >= 11 is 0. The minimum absolute atomic E-state index is 0.198. The smallest absolute Gasteiger partial charge is 0.310 e. The first kappa shape index (κ1) is 17.7. The first-order chi connectivity index (χ1) is 10.9. The van der Waals surface area contributed by atoms with E-state index in [-0.39, 0.29) is 19.1 Å². The van der Waals surface area contributed by atoms with Crippen LogP contribution in [0.15, 0.2) is 30.3 Å². The van der Waals surface area contributed by atoms with Gasteiger partial charge >= 0.3 is 5.97 Å². The summed E-state index contributed by atoms with van der Waals surface area (Å²) < 4.78 is 35.5. The number of carbonyl (C=O) groups excluding carboxylic acids is 1. The van der Waals surface area contributed by atoms with Crippen molar-refractivity contribution < 1.29 is 22.7 Å². The molecule has 7 heteroatoms. The third-order valence-corrected chi connectivity index (χ3v) is 5.00. The summed E-state index contributed by atoms with van der Waals surface area (Å²) in [4.78, 5) is 12.2. The lowest BCUT2D eigenvalue weighted by molar-refractivity contribution is -0.155. The largest absolute Gasteiger partial charge is 0.490 e. The number of rotatable bonds is 6. The first-order valence-electron chi connectivity index (χ1n) is 7.69. The molecule has 0 spiro atoms. The van der Waals surface area contributed by atoms with E-state index in [1.54, 1.807) is 6.92 Å². The van der Waals surface area contributed by atoms with Crippen LogP contribution in [0.4, 0.5) is 0 Å². The number of para-hydroxylation sites is 1. The van der Waals surface area contributed by atoms with E-state index in [2.05, 4.69) is 0 Å². The van der Waals surface area contributed by atoms with E-state index in [0.717, 1.165) is 12.0 Å². The van der Waals surface area contributed by atoms with Crippen LogP contribution < -0.4 is 4.74 Å². The maximum Gasteiger partial charge on any atom is 0.310 e. The number of benzene rings is 1. The third kappa shape index (κ3) is 5.51. The van der Waals surface area contributed by atoms with Crippen molar-refractivity contribution in [3.05, 3.63) is 30.3 Å². The van der Waals surface area contributed by atoms with Gasteiger partial charge in [0.15, 0.2) is 0 Å². The number of hydrogen-bond acceptors (Lipinski definition) is 5. The molecule has 1 aromatic carbocycles. The maximum absolute atomic E-state index is 12.2. The Morgan fingerprint density at radius 3 is 2.70 bits per heavy atom. The maximum atomic E-state index is 12.2. The number of carbonyl (C=O) groups is 1. The highest BCUT2D eigenvalue weighted by Crippen LogP contribution is 2.20. The van der Waals surface area contributed by atoms with Crippen LogP contribution in [0.1, 0.15) is 19.8 Å². The summed E-state index contributed by atoms with van der Waals surface area (Å²) in [7, 11) is -3.27. The molecule has 0 aliphatic carbocycles. The molecule has 0 aromatic heterocycles. The van der Waals surface area contributed by atoms with Crippen LogP contribution in [0.2, 0.25) is 0 Å². The zero-order valence-corrected chi connectivity index (χ0v) is 14.3. The summed E-state index contributed by atoms with van der Waals surface area (Å²) in [5.41, 5.74) is 0. The molecular formula is C16H23NO5S. The second-order valence-corrected chi connectivity index (χ2v) is 7.81. The van der Waals surface area contributed by atoms with Crippen molar-refractivity contribution in [1.29, 1.82) is 0 Å². The summed E-state index contributed by atoms with van der Waals surface area (Å²) in [6.07, 6.45) is 2.09. The molecule has 0 radical (unpaired) electrons. The topological polar surface area (TPSA) is 72.9 Å². The van der Waals surface area contributed by atoms with Gasteiger partial charge in [-0.2, -0.15) is 0 Å². The fourth-order valence-electron chi connectivity index (χ4n) is 2.49.